The number of ether oxygens (including phenoxy) is 1. The molecule has 12 heavy (non-hydrogen) atoms. The third-order valence-electron chi connectivity index (χ3n) is 3.36. The molecule has 0 N–H and O–H groups in total. The monoisotopic (exact) mass is 168 g/mol. The molecule has 68 valence electrons. The Labute approximate surface area is 73.3 Å². The van der Waals surface area contributed by atoms with Gasteiger partial charge in [0.05, 0.1) is 6.10 Å². The van der Waals surface area contributed by atoms with Gasteiger partial charge < -0.3 is 4.74 Å². The smallest absolute Gasteiger partial charge is 0.164 e. The van der Waals surface area contributed by atoms with Crippen LogP contribution in [0.25, 0.3) is 0 Å². The van der Waals surface area contributed by atoms with Crippen LogP contribution in [0, 0.1) is 5.92 Å². The van der Waals surface area contributed by atoms with Gasteiger partial charge in [-0.2, -0.15) is 0 Å². The molecule has 0 bridgehead atoms. The lowest BCUT2D eigenvalue weighted by Gasteiger charge is -2.20. The molecule has 0 amide bonds. The van der Waals surface area contributed by atoms with Crippen LogP contribution < -0.4 is 0 Å². The van der Waals surface area contributed by atoms with Crippen LogP contribution in [0.1, 0.15) is 39.5 Å². The number of carbonyl (C=O) groups is 1. The largest absolute Gasteiger partial charge is 0.364 e. The predicted octanol–water partition coefficient (Wildman–Crippen LogP) is 1.92. The second-order valence-corrected chi connectivity index (χ2v) is 4.28. The molecule has 1 saturated heterocycles. The molecule has 0 aromatic heterocycles. The maximum atomic E-state index is 11.6. The first-order valence-corrected chi connectivity index (χ1v) is 4.85. The zero-order valence-corrected chi connectivity index (χ0v) is 7.80. The second kappa shape index (κ2) is 2.56. The number of rotatable bonds is 0. The van der Waals surface area contributed by atoms with Crippen molar-refractivity contribution in [2.45, 2.75) is 51.2 Å². The second-order valence-electron chi connectivity index (χ2n) is 4.28. The molecule has 0 aromatic rings. The highest BCUT2D eigenvalue weighted by atomic mass is 16.5. The van der Waals surface area contributed by atoms with Crippen LogP contribution >= 0.6 is 0 Å². The Morgan fingerprint density at radius 2 is 2.25 bits per heavy atom. The summed E-state index contributed by atoms with van der Waals surface area (Å²) >= 11 is 0. The van der Waals surface area contributed by atoms with Crippen molar-refractivity contribution in [2.75, 3.05) is 0 Å². The summed E-state index contributed by atoms with van der Waals surface area (Å²) in [6.45, 7) is 4.25. The summed E-state index contributed by atoms with van der Waals surface area (Å²) in [6.07, 6.45) is 3.94. The fourth-order valence-electron chi connectivity index (χ4n) is 2.45. The molecule has 1 saturated carbocycles. The van der Waals surface area contributed by atoms with Crippen LogP contribution in [0.3, 0.4) is 0 Å². The number of hydrogen-bond acceptors (Lipinski definition) is 2. The Bertz CT molecular complexity index is 200. The van der Waals surface area contributed by atoms with E-state index in [2.05, 4.69) is 13.8 Å². The summed E-state index contributed by atoms with van der Waals surface area (Å²) in [5, 5.41) is 0. The maximum absolute atomic E-state index is 11.6. The van der Waals surface area contributed by atoms with Crippen molar-refractivity contribution < 1.29 is 9.53 Å². The van der Waals surface area contributed by atoms with Gasteiger partial charge in [0.25, 0.3) is 0 Å². The molecule has 0 unspecified atom stereocenters. The Balaban J connectivity index is 2.18. The third kappa shape index (κ3) is 1.01. The standard InChI is InChI=1S/C10H16O2/c1-7-6-10(12-8(7)2)5-3-4-9(10)11/h7-8H,3-6H2,1-2H3/t7-,8-,10+/m1/s1. The minimum atomic E-state index is -0.348. The van der Waals surface area contributed by atoms with Crippen LogP contribution in [0.5, 0.6) is 0 Å². The van der Waals surface area contributed by atoms with Crippen LogP contribution in [-0.4, -0.2) is 17.5 Å². The molecule has 1 heterocycles. The first-order chi connectivity index (χ1) is 5.64. The predicted molar refractivity (Wildman–Crippen MR) is 45.9 cm³/mol. The molecule has 2 nitrogen and oxygen atoms in total. The molecule has 0 aromatic carbocycles. The lowest BCUT2D eigenvalue weighted by Crippen LogP contribution is -2.33. The number of hydrogen-bond donors (Lipinski definition) is 0. The van der Waals surface area contributed by atoms with Gasteiger partial charge in [-0.1, -0.05) is 6.92 Å². The zero-order valence-electron chi connectivity index (χ0n) is 7.80. The summed E-state index contributed by atoms with van der Waals surface area (Å²) in [5.74, 6) is 0.894. The van der Waals surface area contributed by atoms with Gasteiger partial charge in [0, 0.05) is 6.42 Å². The molecule has 2 aliphatic rings. The molecule has 1 spiro atoms. The minimum Gasteiger partial charge on any atom is -0.364 e. The first kappa shape index (κ1) is 8.24. The topological polar surface area (TPSA) is 26.3 Å². The fourth-order valence-corrected chi connectivity index (χ4v) is 2.45. The van der Waals surface area contributed by atoms with Crippen molar-refractivity contribution in [3.05, 3.63) is 0 Å². The summed E-state index contributed by atoms with van der Waals surface area (Å²) in [5.41, 5.74) is -0.348. The summed E-state index contributed by atoms with van der Waals surface area (Å²) in [6, 6.07) is 0. The van der Waals surface area contributed by atoms with Crippen LogP contribution in [-0.2, 0) is 9.53 Å². The highest BCUT2D eigenvalue weighted by molar-refractivity contribution is 5.89. The summed E-state index contributed by atoms with van der Waals surface area (Å²) < 4.78 is 5.78. The van der Waals surface area contributed by atoms with E-state index in [1.165, 1.54) is 0 Å². The number of Topliss-reactive ketones (excluding diaryl/α,β-unsaturated/α-hetero) is 1. The number of ketones is 1. The Morgan fingerprint density at radius 1 is 1.50 bits per heavy atom. The van der Waals surface area contributed by atoms with Crippen LogP contribution in [0.15, 0.2) is 0 Å². The average molecular weight is 168 g/mol. The Morgan fingerprint density at radius 3 is 2.67 bits per heavy atom. The minimum absolute atomic E-state index is 0.270. The summed E-state index contributed by atoms with van der Waals surface area (Å²) in [7, 11) is 0. The molecular weight excluding hydrogens is 152 g/mol. The van der Waals surface area contributed by atoms with Gasteiger partial charge in [0.1, 0.15) is 5.60 Å². The van der Waals surface area contributed by atoms with E-state index in [1.807, 2.05) is 0 Å². The highest BCUT2D eigenvalue weighted by Crippen LogP contribution is 2.43. The molecule has 0 radical (unpaired) electrons. The number of carbonyl (C=O) groups excluding carboxylic acids is 1. The van der Waals surface area contributed by atoms with Gasteiger partial charge in [-0.25, -0.2) is 0 Å². The zero-order chi connectivity index (χ0) is 8.77. The Hall–Kier alpha value is -0.370. The van der Waals surface area contributed by atoms with Gasteiger partial charge in [0.15, 0.2) is 5.78 Å². The average Bonchev–Trinajstić information content (AvgIpc) is 2.45. The molecule has 3 atom stereocenters. The van der Waals surface area contributed by atoms with E-state index in [4.69, 9.17) is 4.74 Å². The van der Waals surface area contributed by atoms with Gasteiger partial charge in [-0.3, -0.25) is 4.79 Å². The van der Waals surface area contributed by atoms with Crippen molar-refractivity contribution in [3.8, 4) is 0 Å². The van der Waals surface area contributed by atoms with Crippen molar-refractivity contribution in [1.29, 1.82) is 0 Å². The van der Waals surface area contributed by atoms with E-state index in [-0.39, 0.29) is 11.7 Å². The van der Waals surface area contributed by atoms with E-state index in [0.717, 1.165) is 25.7 Å². The normalized spacial score (nSPS) is 47.7. The van der Waals surface area contributed by atoms with Gasteiger partial charge in [-0.05, 0) is 32.1 Å². The molecule has 1 aliphatic carbocycles. The van der Waals surface area contributed by atoms with Crippen molar-refractivity contribution >= 4 is 5.78 Å². The molecular formula is C10H16O2. The molecule has 1 aliphatic heterocycles. The SMILES string of the molecule is C[C@@H]1C[C@]2(CCCC2=O)O[C@@H]1C. The van der Waals surface area contributed by atoms with Crippen molar-refractivity contribution in [3.63, 3.8) is 0 Å². The molecule has 2 fully saturated rings. The van der Waals surface area contributed by atoms with Gasteiger partial charge in [0.2, 0.25) is 0 Å². The third-order valence-corrected chi connectivity index (χ3v) is 3.36. The Kier molecular flexibility index (Phi) is 1.76. The van der Waals surface area contributed by atoms with E-state index < -0.39 is 0 Å². The molecule has 2 rings (SSSR count). The first-order valence-electron chi connectivity index (χ1n) is 4.85. The lowest BCUT2D eigenvalue weighted by atomic mass is 9.91. The van der Waals surface area contributed by atoms with E-state index in [0.29, 0.717) is 11.7 Å². The van der Waals surface area contributed by atoms with Crippen molar-refractivity contribution in [2.24, 2.45) is 5.92 Å². The summed E-state index contributed by atoms with van der Waals surface area (Å²) in [4.78, 5) is 11.6. The van der Waals surface area contributed by atoms with Crippen molar-refractivity contribution in [1.82, 2.24) is 0 Å². The van der Waals surface area contributed by atoms with E-state index in [9.17, 15) is 4.79 Å². The van der Waals surface area contributed by atoms with E-state index >= 15 is 0 Å². The quantitative estimate of drug-likeness (QED) is 0.552. The highest BCUT2D eigenvalue weighted by Gasteiger charge is 2.50. The fraction of sp³-hybridized carbons (Fsp3) is 0.900. The van der Waals surface area contributed by atoms with Gasteiger partial charge >= 0.3 is 0 Å². The van der Waals surface area contributed by atoms with Crippen LogP contribution in [0.2, 0.25) is 0 Å². The maximum Gasteiger partial charge on any atom is 0.164 e. The lowest BCUT2D eigenvalue weighted by molar-refractivity contribution is -0.138. The van der Waals surface area contributed by atoms with E-state index in [1.54, 1.807) is 0 Å². The van der Waals surface area contributed by atoms with Gasteiger partial charge in [-0.15, -0.1) is 0 Å². The van der Waals surface area contributed by atoms with Crippen LogP contribution in [0.4, 0.5) is 0 Å². The molecule has 2 heteroatoms.